The van der Waals surface area contributed by atoms with Gasteiger partial charge in [0.15, 0.2) is 0 Å². The molecule has 0 spiro atoms. The van der Waals surface area contributed by atoms with Gasteiger partial charge < -0.3 is 10.1 Å². The van der Waals surface area contributed by atoms with Crippen molar-refractivity contribution in [2.45, 2.75) is 33.1 Å². The number of anilines is 1. The molecule has 0 saturated heterocycles. The maximum atomic E-state index is 13.1. The number of ether oxygens (including phenoxy) is 1. The molecule has 0 unspecified atom stereocenters. The van der Waals surface area contributed by atoms with E-state index in [2.05, 4.69) is 12.2 Å². The van der Waals surface area contributed by atoms with Crippen LogP contribution in [0.2, 0.25) is 5.02 Å². The highest BCUT2D eigenvalue weighted by molar-refractivity contribution is 7.11. The van der Waals surface area contributed by atoms with E-state index in [1.807, 2.05) is 36.6 Å². The van der Waals surface area contributed by atoms with Crippen molar-refractivity contribution in [1.29, 1.82) is 0 Å². The summed E-state index contributed by atoms with van der Waals surface area (Å²) >= 11 is 7.66. The van der Waals surface area contributed by atoms with Gasteiger partial charge in [0.1, 0.15) is 5.70 Å². The second-order valence-electron chi connectivity index (χ2n) is 6.85. The number of hydrogen-bond acceptors (Lipinski definition) is 5. The molecule has 29 heavy (non-hydrogen) atoms. The van der Waals surface area contributed by atoms with Crippen molar-refractivity contribution < 1.29 is 14.3 Å². The lowest BCUT2D eigenvalue weighted by Crippen LogP contribution is -2.34. The molecule has 2 heterocycles. The van der Waals surface area contributed by atoms with E-state index >= 15 is 0 Å². The first-order chi connectivity index (χ1) is 14.0. The molecule has 1 aliphatic heterocycles. The highest BCUT2D eigenvalue weighted by atomic mass is 35.5. The lowest BCUT2D eigenvalue weighted by Gasteiger charge is -2.16. The van der Waals surface area contributed by atoms with Gasteiger partial charge in [0.25, 0.3) is 11.8 Å². The van der Waals surface area contributed by atoms with Crippen molar-refractivity contribution >= 4 is 46.0 Å². The van der Waals surface area contributed by atoms with Gasteiger partial charge in [0, 0.05) is 35.3 Å². The van der Waals surface area contributed by atoms with Crippen molar-refractivity contribution in [1.82, 2.24) is 4.90 Å². The van der Waals surface area contributed by atoms with E-state index in [-0.39, 0.29) is 11.8 Å². The van der Waals surface area contributed by atoms with Crippen LogP contribution in [0.5, 0.6) is 0 Å². The smallest absolute Gasteiger partial charge is 0.278 e. The highest BCUT2D eigenvalue weighted by Gasteiger charge is 2.39. The lowest BCUT2D eigenvalue weighted by molar-refractivity contribution is -0.137. The number of amides is 2. The highest BCUT2D eigenvalue weighted by Crippen LogP contribution is 2.34. The molecule has 0 radical (unpaired) electrons. The minimum Gasteiger partial charge on any atom is -0.381 e. The van der Waals surface area contributed by atoms with Crippen LogP contribution in [0.15, 0.2) is 41.4 Å². The normalized spacial score (nSPS) is 14.2. The van der Waals surface area contributed by atoms with E-state index in [1.165, 1.54) is 16.2 Å². The molecule has 1 N–H and O–H groups in total. The van der Waals surface area contributed by atoms with Gasteiger partial charge in [-0.05, 0) is 48.9 Å². The first-order valence-corrected chi connectivity index (χ1v) is 11.0. The lowest BCUT2D eigenvalue weighted by atomic mass is 10.1. The van der Waals surface area contributed by atoms with Crippen LogP contribution < -0.4 is 5.32 Å². The maximum Gasteiger partial charge on any atom is 0.278 e. The molecule has 1 aromatic heterocycles. The van der Waals surface area contributed by atoms with Crippen LogP contribution in [0.25, 0.3) is 5.57 Å². The average Bonchev–Trinajstić information content (AvgIpc) is 3.30. The second kappa shape index (κ2) is 10.1. The summed E-state index contributed by atoms with van der Waals surface area (Å²) in [4.78, 5) is 28.3. The standard InChI is InChI=1S/C22H25ClN2O3S/c1-3-4-12-28-13-7-11-25-21(26)19(18-10-6-14-29-18)20(22(25)27)24-17-9-5-8-16(23)15(17)2/h5-6,8-10,14,24H,3-4,7,11-13H2,1-2H3. The molecule has 154 valence electrons. The van der Waals surface area contributed by atoms with Gasteiger partial charge in [-0.1, -0.05) is 37.1 Å². The number of rotatable bonds is 10. The number of halogens is 1. The van der Waals surface area contributed by atoms with Crippen LogP contribution in [-0.2, 0) is 14.3 Å². The Morgan fingerprint density at radius 2 is 1.90 bits per heavy atom. The Kier molecular flexibility index (Phi) is 7.47. The number of benzene rings is 1. The minimum absolute atomic E-state index is 0.270. The Labute approximate surface area is 180 Å². The number of imide groups is 1. The summed E-state index contributed by atoms with van der Waals surface area (Å²) in [7, 11) is 0. The number of nitrogens with zero attached hydrogens (tertiary/aromatic N) is 1. The minimum atomic E-state index is -0.314. The van der Waals surface area contributed by atoms with E-state index in [4.69, 9.17) is 16.3 Å². The fraction of sp³-hybridized carbons (Fsp3) is 0.364. The second-order valence-corrected chi connectivity index (χ2v) is 8.20. The Balaban J connectivity index is 1.80. The Bertz CT molecular complexity index is 909. The van der Waals surface area contributed by atoms with Crippen molar-refractivity contribution in [3.8, 4) is 0 Å². The molecular weight excluding hydrogens is 408 g/mol. The molecule has 2 aromatic rings. The maximum absolute atomic E-state index is 13.1. The van der Waals surface area contributed by atoms with Crippen LogP contribution >= 0.6 is 22.9 Å². The number of nitrogens with one attached hydrogen (secondary N) is 1. The largest absolute Gasteiger partial charge is 0.381 e. The number of thiophene rings is 1. The van der Waals surface area contributed by atoms with E-state index < -0.39 is 0 Å². The fourth-order valence-corrected chi connectivity index (χ4v) is 4.04. The summed E-state index contributed by atoms with van der Waals surface area (Å²) in [6, 6.07) is 9.19. The number of unbranched alkanes of at least 4 members (excludes halogenated alkanes) is 1. The van der Waals surface area contributed by atoms with E-state index in [0.29, 0.717) is 48.2 Å². The van der Waals surface area contributed by atoms with Crippen LogP contribution in [-0.4, -0.2) is 36.5 Å². The molecule has 0 fully saturated rings. The zero-order chi connectivity index (χ0) is 20.8. The molecule has 1 aliphatic rings. The topological polar surface area (TPSA) is 58.6 Å². The first-order valence-electron chi connectivity index (χ1n) is 9.78. The number of carbonyl (C=O) groups is 2. The zero-order valence-electron chi connectivity index (χ0n) is 16.7. The first kappa shape index (κ1) is 21.6. The van der Waals surface area contributed by atoms with Crippen molar-refractivity contribution in [2.24, 2.45) is 0 Å². The molecule has 1 aromatic carbocycles. The third-order valence-corrected chi connectivity index (χ3v) is 6.07. The predicted molar refractivity (Wildman–Crippen MR) is 118 cm³/mol. The molecule has 0 atom stereocenters. The van der Waals surface area contributed by atoms with Gasteiger partial charge in [0.05, 0.1) is 5.57 Å². The van der Waals surface area contributed by atoms with E-state index in [9.17, 15) is 9.59 Å². The predicted octanol–water partition coefficient (Wildman–Crippen LogP) is 5.11. The number of carbonyl (C=O) groups excluding carboxylic acids is 2. The Hall–Kier alpha value is -2.15. The molecule has 0 bridgehead atoms. The van der Waals surface area contributed by atoms with Gasteiger partial charge in [0.2, 0.25) is 0 Å². The molecule has 2 amide bonds. The summed E-state index contributed by atoms with van der Waals surface area (Å²) in [6.45, 7) is 5.55. The molecule has 0 saturated carbocycles. The molecule has 5 nitrogen and oxygen atoms in total. The van der Waals surface area contributed by atoms with Crippen LogP contribution in [0, 0.1) is 6.92 Å². The summed E-state index contributed by atoms with van der Waals surface area (Å²) in [5.74, 6) is -0.584. The summed E-state index contributed by atoms with van der Waals surface area (Å²) in [5, 5.41) is 5.67. The van der Waals surface area contributed by atoms with Gasteiger partial charge >= 0.3 is 0 Å². The molecular formula is C22H25ClN2O3S. The van der Waals surface area contributed by atoms with Gasteiger partial charge in [-0.2, -0.15) is 0 Å². The van der Waals surface area contributed by atoms with Gasteiger partial charge in [-0.3, -0.25) is 14.5 Å². The van der Waals surface area contributed by atoms with Crippen LogP contribution in [0.3, 0.4) is 0 Å². The summed E-state index contributed by atoms with van der Waals surface area (Å²) < 4.78 is 5.56. The van der Waals surface area contributed by atoms with Crippen molar-refractivity contribution in [3.63, 3.8) is 0 Å². The van der Waals surface area contributed by atoms with Crippen LogP contribution in [0.4, 0.5) is 5.69 Å². The van der Waals surface area contributed by atoms with Gasteiger partial charge in [-0.25, -0.2) is 0 Å². The van der Waals surface area contributed by atoms with Crippen molar-refractivity contribution in [3.05, 3.63) is 56.9 Å². The Morgan fingerprint density at radius 3 is 2.62 bits per heavy atom. The van der Waals surface area contributed by atoms with Crippen molar-refractivity contribution in [2.75, 3.05) is 25.1 Å². The SMILES string of the molecule is CCCCOCCCN1C(=O)C(Nc2cccc(Cl)c2C)=C(c2cccs2)C1=O. The molecule has 0 aliphatic carbocycles. The van der Waals surface area contributed by atoms with E-state index in [1.54, 1.807) is 6.07 Å². The van der Waals surface area contributed by atoms with Gasteiger partial charge in [-0.15, -0.1) is 11.3 Å². The average molecular weight is 433 g/mol. The summed E-state index contributed by atoms with van der Waals surface area (Å²) in [5.41, 5.74) is 2.26. The molecule has 3 rings (SSSR count). The number of hydrogen-bond donors (Lipinski definition) is 1. The van der Waals surface area contributed by atoms with Crippen LogP contribution in [0.1, 0.15) is 36.6 Å². The van der Waals surface area contributed by atoms with E-state index in [0.717, 1.165) is 23.3 Å². The third-order valence-electron chi connectivity index (χ3n) is 4.78. The third kappa shape index (κ3) is 4.89. The Morgan fingerprint density at radius 1 is 1.10 bits per heavy atom. The monoisotopic (exact) mass is 432 g/mol. The zero-order valence-corrected chi connectivity index (χ0v) is 18.2. The molecule has 7 heteroatoms. The summed E-state index contributed by atoms with van der Waals surface area (Å²) in [6.07, 6.45) is 2.70. The quantitative estimate of drug-likeness (QED) is 0.418. The fourth-order valence-electron chi connectivity index (χ4n) is 3.10.